The number of fused-ring (bicyclic) bond motifs is 1. The number of piperidine rings is 1. The van der Waals surface area contributed by atoms with Gasteiger partial charge < -0.3 is 16.0 Å². The average Bonchev–Trinajstić information content (AvgIpc) is 2.62. The molecule has 3 aliphatic heterocycles. The first-order valence-corrected chi connectivity index (χ1v) is 9.45. The predicted octanol–water partition coefficient (Wildman–Crippen LogP) is -0.742. The second-order valence-corrected chi connectivity index (χ2v) is 7.71. The van der Waals surface area contributed by atoms with E-state index in [4.69, 9.17) is 5.26 Å². The molecule has 2 saturated heterocycles. The Morgan fingerprint density at radius 3 is 2.96 bits per heavy atom. The topological polar surface area (TPSA) is 118 Å². The summed E-state index contributed by atoms with van der Waals surface area (Å²) in [5.74, 6) is -0.773. The smallest absolute Gasteiger partial charge is 0.247 e. The minimum atomic E-state index is -1.20. The molecule has 2 fully saturated rings. The minimum absolute atomic E-state index is 0.00583. The standard InChI is InChI=1S/C18H27FN6O2/c1-9-13-4-12(18(27)24-15(13)8-22-25-9)5-16(26)23-10(2)17-14(19)3-11(6-20)7-21-17/h4,9-11,13-15,17,21-22,25H,3,5,7-8H2,1-2H3,(H,23,26)(H,24,27). The fourth-order valence-electron chi connectivity index (χ4n) is 4.09. The SMILES string of the molecule is CC1NNCC2NC(=O)C(CC(=O)NC(C)C3NCC(C#N)CC3F)=CC12. The van der Waals surface area contributed by atoms with Gasteiger partial charge in [-0.15, -0.1) is 0 Å². The summed E-state index contributed by atoms with van der Waals surface area (Å²) in [6.45, 7) is 4.79. The van der Waals surface area contributed by atoms with Crippen molar-refractivity contribution in [3.8, 4) is 6.07 Å². The van der Waals surface area contributed by atoms with Gasteiger partial charge in [0, 0.05) is 36.7 Å². The van der Waals surface area contributed by atoms with E-state index in [2.05, 4.69) is 32.9 Å². The zero-order valence-electron chi connectivity index (χ0n) is 15.6. The molecule has 9 heteroatoms. The third kappa shape index (κ3) is 4.46. The highest BCUT2D eigenvalue weighted by molar-refractivity contribution is 5.99. The molecule has 3 rings (SSSR count). The second-order valence-electron chi connectivity index (χ2n) is 7.71. The van der Waals surface area contributed by atoms with E-state index in [1.807, 2.05) is 13.0 Å². The van der Waals surface area contributed by atoms with E-state index < -0.39 is 18.3 Å². The Morgan fingerprint density at radius 1 is 1.48 bits per heavy atom. The number of nitrogens with zero attached hydrogens (tertiary/aromatic N) is 1. The van der Waals surface area contributed by atoms with Gasteiger partial charge in [0.2, 0.25) is 11.8 Å². The van der Waals surface area contributed by atoms with Crippen molar-refractivity contribution in [3.63, 3.8) is 0 Å². The van der Waals surface area contributed by atoms with E-state index in [0.29, 0.717) is 18.7 Å². The summed E-state index contributed by atoms with van der Waals surface area (Å²) in [6, 6.07) is 1.23. The Balaban J connectivity index is 1.57. The monoisotopic (exact) mass is 378 g/mol. The van der Waals surface area contributed by atoms with Crippen molar-refractivity contribution < 1.29 is 14.0 Å². The van der Waals surface area contributed by atoms with Gasteiger partial charge in [0.15, 0.2) is 0 Å². The van der Waals surface area contributed by atoms with Gasteiger partial charge in [0.05, 0.1) is 30.5 Å². The van der Waals surface area contributed by atoms with E-state index in [0.717, 1.165) is 0 Å². The van der Waals surface area contributed by atoms with Crippen LogP contribution in [0.25, 0.3) is 0 Å². The normalized spacial score (nSPS) is 37.3. The molecule has 0 aromatic heterocycles. The summed E-state index contributed by atoms with van der Waals surface area (Å²) in [6.07, 6.45) is 0.812. The van der Waals surface area contributed by atoms with Crippen molar-refractivity contribution in [2.24, 2.45) is 11.8 Å². The molecule has 0 aromatic carbocycles. The number of carbonyl (C=O) groups excluding carboxylic acids is 2. The molecule has 0 radical (unpaired) electrons. The molecule has 5 N–H and O–H groups in total. The van der Waals surface area contributed by atoms with Crippen LogP contribution in [0.15, 0.2) is 11.6 Å². The molecule has 27 heavy (non-hydrogen) atoms. The van der Waals surface area contributed by atoms with Crippen molar-refractivity contribution in [2.45, 2.75) is 57.0 Å². The highest BCUT2D eigenvalue weighted by atomic mass is 19.1. The summed E-state index contributed by atoms with van der Waals surface area (Å²) in [5.41, 5.74) is 6.63. The van der Waals surface area contributed by atoms with Crippen LogP contribution in [0, 0.1) is 23.2 Å². The van der Waals surface area contributed by atoms with Crippen LogP contribution in [0.3, 0.4) is 0 Å². The summed E-state index contributed by atoms with van der Waals surface area (Å²) >= 11 is 0. The number of amides is 2. The number of halogens is 1. The number of hydrogen-bond donors (Lipinski definition) is 5. The predicted molar refractivity (Wildman–Crippen MR) is 96.7 cm³/mol. The van der Waals surface area contributed by atoms with Crippen LogP contribution in [-0.4, -0.2) is 55.2 Å². The van der Waals surface area contributed by atoms with E-state index in [1.165, 1.54) is 0 Å². The first-order valence-electron chi connectivity index (χ1n) is 9.45. The van der Waals surface area contributed by atoms with E-state index >= 15 is 0 Å². The van der Waals surface area contributed by atoms with E-state index in [1.54, 1.807) is 6.92 Å². The van der Waals surface area contributed by atoms with Crippen LogP contribution in [0.5, 0.6) is 0 Å². The summed E-state index contributed by atoms with van der Waals surface area (Å²) in [7, 11) is 0. The first kappa shape index (κ1) is 19.7. The van der Waals surface area contributed by atoms with Crippen molar-refractivity contribution in [2.75, 3.05) is 13.1 Å². The van der Waals surface area contributed by atoms with E-state index in [-0.39, 0.29) is 48.6 Å². The molecular formula is C18H27FN6O2. The minimum Gasteiger partial charge on any atom is -0.352 e. The highest BCUT2D eigenvalue weighted by Gasteiger charge is 2.37. The average molecular weight is 378 g/mol. The Bertz CT molecular complexity index is 663. The van der Waals surface area contributed by atoms with Gasteiger partial charge >= 0.3 is 0 Å². The maximum Gasteiger partial charge on any atom is 0.247 e. The zero-order chi connectivity index (χ0) is 19.6. The third-order valence-corrected chi connectivity index (χ3v) is 5.66. The fourth-order valence-corrected chi connectivity index (χ4v) is 4.09. The molecule has 0 aliphatic carbocycles. The molecule has 0 aromatic rings. The van der Waals surface area contributed by atoms with Gasteiger partial charge in [0.1, 0.15) is 6.17 Å². The molecule has 2 amide bonds. The van der Waals surface area contributed by atoms with Crippen LogP contribution in [-0.2, 0) is 9.59 Å². The lowest BCUT2D eigenvalue weighted by Gasteiger charge is -2.39. The molecule has 0 saturated carbocycles. The number of nitriles is 1. The Labute approximate surface area is 158 Å². The fraction of sp³-hybridized carbons (Fsp3) is 0.722. The first-order chi connectivity index (χ1) is 12.9. The van der Waals surface area contributed by atoms with Crippen LogP contribution in [0.2, 0.25) is 0 Å². The molecular weight excluding hydrogens is 351 g/mol. The quantitative estimate of drug-likeness (QED) is 0.440. The van der Waals surface area contributed by atoms with Crippen LogP contribution in [0.4, 0.5) is 4.39 Å². The lowest BCUT2D eigenvalue weighted by molar-refractivity contribution is -0.124. The van der Waals surface area contributed by atoms with Crippen molar-refractivity contribution in [1.29, 1.82) is 5.26 Å². The third-order valence-electron chi connectivity index (χ3n) is 5.66. The molecule has 0 bridgehead atoms. The van der Waals surface area contributed by atoms with Crippen LogP contribution >= 0.6 is 0 Å². The highest BCUT2D eigenvalue weighted by Crippen LogP contribution is 2.23. The maximum atomic E-state index is 14.3. The molecule has 0 spiro atoms. The number of hydrogen-bond acceptors (Lipinski definition) is 6. The number of rotatable bonds is 4. The van der Waals surface area contributed by atoms with Crippen LogP contribution < -0.4 is 26.8 Å². The van der Waals surface area contributed by atoms with Gasteiger partial charge in [-0.05, 0) is 20.3 Å². The lowest BCUT2D eigenvalue weighted by atomic mass is 9.85. The molecule has 7 unspecified atom stereocenters. The number of hydrazine groups is 1. The Hall–Kier alpha value is -2.02. The summed E-state index contributed by atoms with van der Waals surface area (Å²) in [5, 5.41) is 17.7. The van der Waals surface area contributed by atoms with Crippen molar-refractivity contribution in [3.05, 3.63) is 11.6 Å². The molecule has 7 atom stereocenters. The molecule has 3 aliphatic rings. The number of nitrogens with one attached hydrogen (secondary N) is 5. The van der Waals surface area contributed by atoms with Crippen LogP contribution in [0.1, 0.15) is 26.7 Å². The Kier molecular flexibility index (Phi) is 6.09. The lowest BCUT2D eigenvalue weighted by Crippen LogP contribution is -2.63. The van der Waals surface area contributed by atoms with E-state index in [9.17, 15) is 14.0 Å². The van der Waals surface area contributed by atoms with Gasteiger partial charge in [-0.3, -0.25) is 20.4 Å². The van der Waals surface area contributed by atoms with Gasteiger partial charge in [0.25, 0.3) is 0 Å². The maximum absolute atomic E-state index is 14.3. The molecule has 3 heterocycles. The van der Waals surface area contributed by atoms with Crippen molar-refractivity contribution in [1.82, 2.24) is 26.8 Å². The van der Waals surface area contributed by atoms with Gasteiger partial charge in [-0.2, -0.15) is 5.26 Å². The van der Waals surface area contributed by atoms with Gasteiger partial charge in [-0.1, -0.05) is 6.08 Å². The summed E-state index contributed by atoms with van der Waals surface area (Å²) in [4.78, 5) is 24.7. The number of carbonyl (C=O) groups is 2. The zero-order valence-corrected chi connectivity index (χ0v) is 15.6. The summed E-state index contributed by atoms with van der Waals surface area (Å²) < 4.78 is 14.3. The number of alkyl halides is 1. The largest absolute Gasteiger partial charge is 0.352 e. The second kappa shape index (κ2) is 8.33. The van der Waals surface area contributed by atoms with Gasteiger partial charge in [-0.25, -0.2) is 4.39 Å². The Morgan fingerprint density at radius 2 is 2.26 bits per heavy atom. The molecule has 8 nitrogen and oxygen atoms in total. The van der Waals surface area contributed by atoms with Crippen molar-refractivity contribution >= 4 is 11.8 Å². The molecule has 148 valence electrons.